The highest BCUT2D eigenvalue weighted by molar-refractivity contribution is 5.90. The zero-order chi connectivity index (χ0) is 18.7. The Hall–Kier alpha value is -2.80. The number of alkyl halides is 2. The van der Waals surface area contributed by atoms with Gasteiger partial charge in [-0.15, -0.1) is 0 Å². The molecule has 3 aromatic rings. The van der Waals surface area contributed by atoms with Gasteiger partial charge in [0.25, 0.3) is 0 Å². The summed E-state index contributed by atoms with van der Waals surface area (Å²) < 4.78 is 30.9. The Morgan fingerprint density at radius 2 is 2.08 bits per heavy atom. The molecule has 0 spiro atoms. The van der Waals surface area contributed by atoms with Gasteiger partial charge in [-0.05, 0) is 36.8 Å². The van der Waals surface area contributed by atoms with Gasteiger partial charge in [0, 0.05) is 17.0 Å². The molecule has 0 aliphatic rings. The molecule has 26 heavy (non-hydrogen) atoms. The van der Waals surface area contributed by atoms with Crippen molar-refractivity contribution in [1.82, 2.24) is 9.78 Å². The summed E-state index contributed by atoms with van der Waals surface area (Å²) in [6.45, 7) is -0.971. The van der Waals surface area contributed by atoms with Gasteiger partial charge in [-0.2, -0.15) is 13.9 Å². The lowest BCUT2D eigenvalue weighted by molar-refractivity contribution is -0.0498. The van der Waals surface area contributed by atoms with E-state index in [0.717, 1.165) is 12.7 Å². The third-order valence-corrected chi connectivity index (χ3v) is 4.03. The molecular weight excluding hydrogens is 342 g/mol. The number of hydrogen-bond donors (Lipinski definition) is 1. The first-order chi connectivity index (χ1) is 12.5. The molecule has 1 heterocycles. The van der Waals surface area contributed by atoms with E-state index >= 15 is 0 Å². The van der Waals surface area contributed by atoms with E-state index in [1.807, 2.05) is 6.92 Å². The van der Waals surface area contributed by atoms with E-state index in [9.17, 15) is 18.7 Å². The Morgan fingerprint density at radius 1 is 1.27 bits per heavy atom. The molecule has 1 unspecified atom stereocenters. The first kappa shape index (κ1) is 18.0. The summed E-state index contributed by atoms with van der Waals surface area (Å²) in [5.74, 6) is 0.0151. The van der Waals surface area contributed by atoms with Crippen LogP contribution in [-0.4, -0.2) is 27.8 Å². The van der Waals surface area contributed by atoms with Gasteiger partial charge >= 0.3 is 6.61 Å². The zero-order valence-electron chi connectivity index (χ0n) is 14.1. The molecule has 136 valence electrons. The Labute approximate surface area is 148 Å². The minimum atomic E-state index is -2.92. The second-order valence-corrected chi connectivity index (χ2v) is 5.87. The molecule has 1 atom stereocenters. The number of rotatable bonds is 7. The van der Waals surface area contributed by atoms with Crippen molar-refractivity contribution in [2.45, 2.75) is 32.5 Å². The number of aldehydes is 1. The fourth-order valence-corrected chi connectivity index (χ4v) is 2.88. The number of nitrogens with zero attached hydrogens (tertiary/aromatic N) is 2. The molecule has 7 heteroatoms. The van der Waals surface area contributed by atoms with E-state index in [1.54, 1.807) is 35.0 Å². The number of aliphatic hydroxyl groups excluding tert-OH is 1. The van der Waals surface area contributed by atoms with Crippen molar-refractivity contribution < 1.29 is 23.4 Å². The van der Waals surface area contributed by atoms with Gasteiger partial charge < -0.3 is 9.84 Å². The number of carbonyl (C=O) groups is 1. The van der Waals surface area contributed by atoms with Crippen LogP contribution in [0.2, 0.25) is 0 Å². The Bertz CT molecular complexity index is 924. The van der Waals surface area contributed by atoms with E-state index in [0.29, 0.717) is 34.3 Å². The minimum Gasteiger partial charge on any atom is -0.435 e. The van der Waals surface area contributed by atoms with Crippen molar-refractivity contribution in [3.05, 3.63) is 53.7 Å². The maximum Gasteiger partial charge on any atom is 0.387 e. The number of aliphatic hydroxyl groups is 1. The molecule has 0 saturated carbocycles. The third kappa shape index (κ3) is 3.57. The zero-order valence-corrected chi connectivity index (χ0v) is 14.1. The summed E-state index contributed by atoms with van der Waals surface area (Å²) in [4.78, 5) is 11.1. The molecule has 0 fully saturated rings. The topological polar surface area (TPSA) is 64.3 Å². The maximum absolute atomic E-state index is 12.5. The summed E-state index contributed by atoms with van der Waals surface area (Å²) in [5.41, 5.74) is 2.10. The van der Waals surface area contributed by atoms with Crippen molar-refractivity contribution >= 4 is 17.2 Å². The molecule has 1 N–H and O–H groups in total. The van der Waals surface area contributed by atoms with Crippen LogP contribution in [0, 0.1) is 0 Å². The lowest BCUT2D eigenvalue weighted by Gasteiger charge is -2.08. The number of halogens is 2. The molecule has 0 bridgehead atoms. The number of hydrogen-bond acceptors (Lipinski definition) is 4. The van der Waals surface area contributed by atoms with Crippen molar-refractivity contribution in [2.24, 2.45) is 0 Å². The number of benzene rings is 2. The average molecular weight is 360 g/mol. The molecule has 5 nitrogen and oxygen atoms in total. The summed E-state index contributed by atoms with van der Waals surface area (Å²) in [6.07, 6.45) is 1.22. The van der Waals surface area contributed by atoms with Crippen molar-refractivity contribution in [1.29, 1.82) is 0 Å². The van der Waals surface area contributed by atoms with Gasteiger partial charge in [-0.1, -0.05) is 19.4 Å². The third-order valence-electron chi connectivity index (χ3n) is 4.03. The van der Waals surface area contributed by atoms with Gasteiger partial charge in [-0.25, -0.2) is 4.68 Å². The van der Waals surface area contributed by atoms with Crippen LogP contribution in [0.25, 0.3) is 16.6 Å². The predicted octanol–water partition coefficient (Wildman–Crippen LogP) is 4.27. The Balaban J connectivity index is 2.15. The summed E-state index contributed by atoms with van der Waals surface area (Å²) in [6, 6.07) is 11.2. The predicted molar refractivity (Wildman–Crippen MR) is 93.0 cm³/mol. The molecule has 0 amide bonds. The van der Waals surface area contributed by atoms with Crippen LogP contribution in [0.1, 0.15) is 41.9 Å². The largest absolute Gasteiger partial charge is 0.435 e. The van der Waals surface area contributed by atoms with Gasteiger partial charge in [0.05, 0.1) is 23.0 Å². The monoisotopic (exact) mass is 360 g/mol. The Kier molecular flexibility index (Phi) is 5.27. The normalized spacial score (nSPS) is 12.5. The summed E-state index contributed by atoms with van der Waals surface area (Å²) >= 11 is 0. The van der Waals surface area contributed by atoms with Crippen molar-refractivity contribution in [2.75, 3.05) is 0 Å². The van der Waals surface area contributed by atoms with E-state index < -0.39 is 12.7 Å². The van der Waals surface area contributed by atoms with Crippen LogP contribution >= 0.6 is 0 Å². The van der Waals surface area contributed by atoms with Crippen LogP contribution in [0.5, 0.6) is 5.75 Å². The maximum atomic E-state index is 12.5. The quantitative estimate of drug-likeness (QED) is 0.639. The van der Waals surface area contributed by atoms with E-state index in [1.165, 1.54) is 12.1 Å². The van der Waals surface area contributed by atoms with E-state index in [4.69, 9.17) is 0 Å². The fourth-order valence-electron chi connectivity index (χ4n) is 2.88. The molecule has 0 saturated heterocycles. The van der Waals surface area contributed by atoms with Gasteiger partial charge in [0.1, 0.15) is 12.0 Å². The lowest BCUT2D eigenvalue weighted by atomic mass is 10.1. The minimum absolute atomic E-state index is 0.0151. The van der Waals surface area contributed by atoms with Gasteiger partial charge in [-0.3, -0.25) is 4.79 Å². The molecule has 3 rings (SSSR count). The smallest absolute Gasteiger partial charge is 0.387 e. The molecular formula is C19H18F2N2O3. The molecule has 0 aliphatic carbocycles. The summed E-state index contributed by atoms with van der Waals surface area (Å²) in [7, 11) is 0. The highest BCUT2D eigenvalue weighted by atomic mass is 19.3. The lowest BCUT2D eigenvalue weighted by Crippen LogP contribution is -2.04. The summed E-state index contributed by atoms with van der Waals surface area (Å²) in [5, 5.41) is 15.6. The van der Waals surface area contributed by atoms with Crippen LogP contribution in [0.4, 0.5) is 8.78 Å². The number of aromatic nitrogens is 2. The number of fused-ring (bicyclic) bond motifs is 1. The van der Waals surface area contributed by atoms with Crippen LogP contribution in [-0.2, 0) is 0 Å². The SMILES string of the molecule is CCCC(O)c1nn(-c2cccc(OC(F)F)c2)c2ccc(C=O)cc12. The van der Waals surface area contributed by atoms with Gasteiger partial charge in [0.2, 0.25) is 0 Å². The van der Waals surface area contributed by atoms with Crippen LogP contribution < -0.4 is 4.74 Å². The first-order valence-corrected chi connectivity index (χ1v) is 8.24. The van der Waals surface area contributed by atoms with E-state index in [-0.39, 0.29) is 5.75 Å². The first-order valence-electron chi connectivity index (χ1n) is 8.24. The second kappa shape index (κ2) is 7.61. The average Bonchev–Trinajstić information content (AvgIpc) is 3.00. The highest BCUT2D eigenvalue weighted by Gasteiger charge is 2.19. The number of carbonyl (C=O) groups excluding carboxylic acids is 1. The molecule has 1 aromatic heterocycles. The molecule has 2 aromatic carbocycles. The van der Waals surface area contributed by atoms with Crippen LogP contribution in [0.3, 0.4) is 0 Å². The molecule has 0 radical (unpaired) electrons. The van der Waals surface area contributed by atoms with Crippen molar-refractivity contribution in [3.63, 3.8) is 0 Å². The molecule has 0 aliphatic heterocycles. The number of ether oxygens (including phenoxy) is 1. The fraction of sp³-hybridized carbons (Fsp3) is 0.263. The van der Waals surface area contributed by atoms with Crippen molar-refractivity contribution in [3.8, 4) is 11.4 Å². The second-order valence-electron chi connectivity index (χ2n) is 5.87. The van der Waals surface area contributed by atoms with Gasteiger partial charge in [0.15, 0.2) is 0 Å². The van der Waals surface area contributed by atoms with Crippen LogP contribution in [0.15, 0.2) is 42.5 Å². The highest BCUT2D eigenvalue weighted by Crippen LogP contribution is 2.30. The Morgan fingerprint density at radius 3 is 2.77 bits per heavy atom. The van der Waals surface area contributed by atoms with E-state index in [2.05, 4.69) is 9.84 Å². The standard InChI is InChI=1S/C19H18F2N2O3/c1-2-4-17(25)18-15-9-12(11-24)7-8-16(15)23(22-18)13-5-3-6-14(10-13)26-19(20)21/h3,5-11,17,19,25H,2,4H2,1H3.